The summed E-state index contributed by atoms with van der Waals surface area (Å²) in [7, 11) is 0. The lowest BCUT2D eigenvalue weighted by atomic mass is 10.2. The molecular formula is C14H7Cl2FN4. The highest BCUT2D eigenvalue weighted by Gasteiger charge is 2.15. The van der Waals surface area contributed by atoms with Crippen molar-refractivity contribution in [3.63, 3.8) is 0 Å². The van der Waals surface area contributed by atoms with Crippen LogP contribution in [-0.4, -0.2) is 9.55 Å². The number of nitrogens with zero attached hydrogens (tertiary/aromatic N) is 3. The molecule has 3 rings (SSSR count). The fraction of sp³-hybridized carbons (Fsp3) is 0. The molecule has 7 heteroatoms. The fourth-order valence-electron chi connectivity index (χ4n) is 2.10. The predicted molar refractivity (Wildman–Crippen MR) is 80.2 cm³/mol. The van der Waals surface area contributed by atoms with Gasteiger partial charge in [0.15, 0.2) is 0 Å². The Kier molecular flexibility index (Phi) is 3.20. The van der Waals surface area contributed by atoms with E-state index in [1.54, 1.807) is 12.1 Å². The number of hydrogen-bond donors (Lipinski definition) is 1. The number of fused-ring (bicyclic) bond motifs is 1. The largest absolute Gasteiger partial charge is 0.369 e. The molecule has 0 unspecified atom stereocenters. The van der Waals surface area contributed by atoms with Crippen LogP contribution in [0, 0.1) is 17.1 Å². The fourth-order valence-corrected chi connectivity index (χ4v) is 2.53. The van der Waals surface area contributed by atoms with Crippen molar-refractivity contribution in [1.82, 2.24) is 9.55 Å². The van der Waals surface area contributed by atoms with Gasteiger partial charge in [0.1, 0.15) is 5.82 Å². The maximum absolute atomic E-state index is 13.7. The van der Waals surface area contributed by atoms with Crippen molar-refractivity contribution in [2.45, 2.75) is 0 Å². The van der Waals surface area contributed by atoms with Crippen LogP contribution in [0.25, 0.3) is 16.7 Å². The van der Waals surface area contributed by atoms with Gasteiger partial charge in [0.25, 0.3) is 0 Å². The Bertz CT molecular complexity index is 911. The molecule has 2 N–H and O–H groups in total. The van der Waals surface area contributed by atoms with Gasteiger partial charge in [-0.05, 0) is 24.3 Å². The summed E-state index contributed by atoms with van der Waals surface area (Å²) in [4.78, 5) is 4.14. The van der Waals surface area contributed by atoms with Crippen molar-refractivity contribution in [2.75, 3.05) is 5.73 Å². The molecule has 0 atom stereocenters. The van der Waals surface area contributed by atoms with E-state index in [9.17, 15) is 4.39 Å². The monoisotopic (exact) mass is 320 g/mol. The minimum absolute atomic E-state index is 0.0296. The summed E-state index contributed by atoms with van der Waals surface area (Å²) in [6.07, 6.45) is 0. The maximum atomic E-state index is 13.7. The van der Waals surface area contributed by atoms with Crippen LogP contribution in [0.1, 0.15) is 5.56 Å². The van der Waals surface area contributed by atoms with Gasteiger partial charge in [-0.25, -0.2) is 9.37 Å². The summed E-state index contributed by atoms with van der Waals surface area (Å²) < 4.78 is 15.2. The number of benzene rings is 2. The van der Waals surface area contributed by atoms with Gasteiger partial charge in [0, 0.05) is 6.07 Å². The molecule has 2 aromatic carbocycles. The molecule has 3 aromatic rings. The number of anilines is 1. The minimum Gasteiger partial charge on any atom is -0.369 e. The summed E-state index contributed by atoms with van der Waals surface area (Å²) >= 11 is 11.9. The van der Waals surface area contributed by atoms with E-state index in [4.69, 9.17) is 34.2 Å². The van der Waals surface area contributed by atoms with E-state index in [0.717, 1.165) is 0 Å². The molecule has 0 bridgehead atoms. The Balaban J connectivity index is 2.32. The van der Waals surface area contributed by atoms with E-state index in [0.29, 0.717) is 27.3 Å². The van der Waals surface area contributed by atoms with E-state index in [-0.39, 0.29) is 11.0 Å². The number of imidazole rings is 1. The first-order chi connectivity index (χ1) is 10.0. The number of aromatic nitrogens is 2. The van der Waals surface area contributed by atoms with E-state index in [1.165, 1.54) is 22.8 Å². The molecule has 21 heavy (non-hydrogen) atoms. The highest BCUT2D eigenvalue weighted by molar-refractivity contribution is 6.32. The normalized spacial score (nSPS) is 10.8. The average Bonchev–Trinajstić information content (AvgIpc) is 2.75. The van der Waals surface area contributed by atoms with Crippen LogP contribution in [0.2, 0.25) is 10.0 Å². The molecular weight excluding hydrogens is 314 g/mol. The summed E-state index contributed by atoms with van der Waals surface area (Å²) in [5.41, 5.74) is 7.72. The lowest BCUT2D eigenvalue weighted by Crippen LogP contribution is -2.01. The molecule has 0 fully saturated rings. The Morgan fingerprint density at radius 2 is 1.95 bits per heavy atom. The van der Waals surface area contributed by atoms with Crippen LogP contribution in [-0.2, 0) is 0 Å². The first-order valence-electron chi connectivity index (χ1n) is 5.84. The summed E-state index contributed by atoms with van der Waals surface area (Å²) in [5, 5.41) is 9.15. The number of nitrogens with two attached hydrogens (primary N) is 1. The van der Waals surface area contributed by atoms with Crippen molar-refractivity contribution >= 4 is 40.2 Å². The molecule has 0 radical (unpaired) electrons. The molecule has 4 nitrogen and oxygen atoms in total. The van der Waals surface area contributed by atoms with Crippen LogP contribution in [0.5, 0.6) is 0 Å². The molecule has 104 valence electrons. The second-order valence-corrected chi connectivity index (χ2v) is 5.15. The molecule has 0 saturated heterocycles. The zero-order chi connectivity index (χ0) is 15.1. The van der Waals surface area contributed by atoms with Gasteiger partial charge in [-0.15, -0.1) is 0 Å². The van der Waals surface area contributed by atoms with E-state index in [1.807, 2.05) is 6.07 Å². The first kappa shape index (κ1) is 13.7. The molecule has 0 aliphatic heterocycles. The molecule has 1 heterocycles. The van der Waals surface area contributed by atoms with Crippen LogP contribution in [0.3, 0.4) is 0 Å². The van der Waals surface area contributed by atoms with Crippen molar-refractivity contribution < 1.29 is 4.39 Å². The van der Waals surface area contributed by atoms with Crippen LogP contribution >= 0.6 is 23.2 Å². The average molecular weight is 321 g/mol. The van der Waals surface area contributed by atoms with Gasteiger partial charge in [-0.3, -0.25) is 4.57 Å². The molecule has 0 amide bonds. The van der Waals surface area contributed by atoms with Crippen molar-refractivity contribution in [3.05, 3.63) is 51.8 Å². The lowest BCUT2D eigenvalue weighted by Gasteiger charge is -2.09. The maximum Gasteiger partial charge on any atom is 0.205 e. The summed E-state index contributed by atoms with van der Waals surface area (Å²) in [6, 6.07) is 9.37. The van der Waals surface area contributed by atoms with Gasteiger partial charge < -0.3 is 5.73 Å². The quantitative estimate of drug-likeness (QED) is 0.738. The van der Waals surface area contributed by atoms with Gasteiger partial charge in [0.2, 0.25) is 5.95 Å². The van der Waals surface area contributed by atoms with Gasteiger partial charge in [-0.1, -0.05) is 23.2 Å². The summed E-state index contributed by atoms with van der Waals surface area (Å²) in [6.45, 7) is 0. The Morgan fingerprint density at radius 1 is 1.19 bits per heavy atom. The molecule has 0 aliphatic carbocycles. The van der Waals surface area contributed by atoms with Gasteiger partial charge in [0.05, 0.1) is 38.4 Å². The second-order valence-electron chi connectivity index (χ2n) is 4.34. The smallest absolute Gasteiger partial charge is 0.205 e. The number of rotatable bonds is 1. The second kappa shape index (κ2) is 4.92. The van der Waals surface area contributed by atoms with E-state index in [2.05, 4.69) is 4.98 Å². The third-order valence-electron chi connectivity index (χ3n) is 3.04. The molecule has 0 spiro atoms. The third-order valence-corrected chi connectivity index (χ3v) is 3.63. The number of nitrogen functional groups attached to an aromatic ring is 1. The third kappa shape index (κ3) is 2.19. The Morgan fingerprint density at radius 3 is 2.62 bits per heavy atom. The molecule has 0 aliphatic rings. The first-order valence-corrected chi connectivity index (χ1v) is 6.60. The highest BCUT2D eigenvalue weighted by atomic mass is 35.5. The van der Waals surface area contributed by atoms with Crippen LogP contribution < -0.4 is 5.73 Å². The standard InChI is InChI=1S/C14H7Cl2FN4/c15-8-4-11-13(5-10(8)17)21(14(19)20-11)12-2-1-7(6-18)3-9(12)16/h1-5H,(H2,19,20). The van der Waals surface area contributed by atoms with E-state index < -0.39 is 5.82 Å². The zero-order valence-corrected chi connectivity index (χ0v) is 12.0. The Hall–Kier alpha value is -2.29. The van der Waals surface area contributed by atoms with Gasteiger partial charge >= 0.3 is 0 Å². The number of halogens is 3. The topological polar surface area (TPSA) is 67.6 Å². The van der Waals surface area contributed by atoms with Crippen LogP contribution in [0.4, 0.5) is 10.3 Å². The van der Waals surface area contributed by atoms with Crippen LogP contribution in [0.15, 0.2) is 30.3 Å². The highest BCUT2D eigenvalue weighted by Crippen LogP contribution is 2.31. The molecule has 0 saturated carbocycles. The van der Waals surface area contributed by atoms with Gasteiger partial charge in [-0.2, -0.15) is 5.26 Å². The van der Waals surface area contributed by atoms with Crippen molar-refractivity contribution in [3.8, 4) is 11.8 Å². The molecule has 1 aromatic heterocycles. The summed E-state index contributed by atoms with van der Waals surface area (Å²) in [5.74, 6) is -0.423. The number of nitriles is 1. The lowest BCUT2D eigenvalue weighted by molar-refractivity contribution is 0.629. The number of hydrogen-bond acceptors (Lipinski definition) is 3. The predicted octanol–water partition coefficient (Wildman–Crippen LogP) is 3.93. The van der Waals surface area contributed by atoms with Crippen molar-refractivity contribution in [1.29, 1.82) is 5.26 Å². The van der Waals surface area contributed by atoms with E-state index >= 15 is 0 Å². The SMILES string of the molecule is N#Cc1ccc(-n2c(N)nc3cc(Cl)c(F)cc32)c(Cl)c1. The minimum atomic E-state index is -0.574. The zero-order valence-electron chi connectivity index (χ0n) is 10.4. The Labute approximate surface area is 129 Å². The van der Waals surface area contributed by atoms with Crippen molar-refractivity contribution in [2.24, 2.45) is 0 Å².